The van der Waals surface area contributed by atoms with E-state index in [9.17, 15) is 14.3 Å². The van der Waals surface area contributed by atoms with E-state index in [0.29, 0.717) is 169 Å². The van der Waals surface area contributed by atoms with Gasteiger partial charge in [0.15, 0.2) is 5.75 Å². The molecule has 4 bridgehead atoms. The standard InChI is InChI=1S/C60H72Cl2F2N6O12S/c1-38-49-39(2)53(62)54(52(38)61)81-46(33-70-19-17-69(3)18-20-70)35-79-45-9-10-47(42(31-45)32-48(59(71)72)82-57-51-50(49)55(83-58(51)67-37-66-57)40-5-7-43(63)8-6-40)80-34-44-13-16-65-56(68-44)41-11-14-60(64,15-12-41)36-78-30-29-77-28-27-76-26-25-75-24-23-74-22-21-73-4/h5-10,13,16,31,37,41,46,48H,11-12,14-15,17-30,32-36H2,1-4H3,(H,71,72)/t41?,46-,48-,60?/m1/s1. The number of thiophene rings is 1. The molecule has 2 fully saturated rings. The Morgan fingerprint density at radius 1 is 0.819 bits per heavy atom. The summed E-state index contributed by atoms with van der Waals surface area (Å²) in [5.41, 5.74) is 2.77. The van der Waals surface area contributed by atoms with Crippen molar-refractivity contribution in [2.45, 2.75) is 76.4 Å². The summed E-state index contributed by atoms with van der Waals surface area (Å²) in [7, 11) is 3.72. The van der Waals surface area contributed by atoms with Gasteiger partial charge < -0.3 is 57.4 Å². The lowest BCUT2D eigenvalue weighted by Crippen LogP contribution is -2.49. The van der Waals surface area contributed by atoms with Gasteiger partial charge in [0.1, 0.15) is 59.3 Å². The maximum Gasteiger partial charge on any atom is 0.345 e. The number of methoxy groups -OCH3 is 1. The average molecular weight is 1210 g/mol. The number of rotatable bonds is 25. The number of carbonyl (C=O) groups is 1. The van der Waals surface area contributed by atoms with E-state index in [1.54, 1.807) is 49.7 Å². The summed E-state index contributed by atoms with van der Waals surface area (Å²) in [6.07, 6.45) is 2.41. The quantitative estimate of drug-likeness (QED) is 0.0533. The number of halogens is 4. The molecule has 23 heteroatoms. The Hall–Kier alpha value is -5.43. The second-order valence-electron chi connectivity index (χ2n) is 20.9. The first-order valence-corrected chi connectivity index (χ1v) is 29.6. The first-order chi connectivity index (χ1) is 40.3. The lowest BCUT2D eigenvalue weighted by Gasteiger charge is -2.35. The molecule has 10 rings (SSSR count). The molecular formula is C60H72Cl2F2N6O12S. The molecule has 0 unspecified atom stereocenters. The molecule has 3 aromatic carbocycles. The van der Waals surface area contributed by atoms with Gasteiger partial charge in [-0.05, 0) is 105 Å². The third-order valence-corrected chi connectivity index (χ3v) is 17.1. The Morgan fingerprint density at radius 3 is 2.12 bits per heavy atom. The topological polar surface area (TPSA) is 188 Å². The number of aromatic nitrogens is 4. The third kappa shape index (κ3) is 16.5. The van der Waals surface area contributed by atoms with Gasteiger partial charge in [-0.1, -0.05) is 35.3 Å². The number of hydrogen-bond donors (Lipinski definition) is 1. The summed E-state index contributed by atoms with van der Waals surface area (Å²) in [6.45, 7) is 12.1. The fourth-order valence-corrected chi connectivity index (χ4v) is 12.0. The number of hydrogen-bond acceptors (Lipinski definition) is 18. The molecule has 3 aromatic heterocycles. The van der Waals surface area contributed by atoms with Crippen LogP contribution in [0.3, 0.4) is 0 Å². The van der Waals surface area contributed by atoms with Crippen LogP contribution in [0.4, 0.5) is 8.78 Å². The SMILES string of the molecule is COCCOCCOCCOCCOCCOCC1(F)CCC(c2nccc(COc3ccc4cc3C[C@H](C(=O)O)Oc3ncnc5sc(-c6ccc(F)cc6)c(c35)-c3c(C)c(Cl)c(c(Cl)c3C)O[C@H](CN3CCN(C)CC3)CO4)n2)CC1. The van der Waals surface area contributed by atoms with Crippen LogP contribution in [0.15, 0.2) is 61.1 Å². The molecule has 3 aliphatic heterocycles. The van der Waals surface area contributed by atoms with Crippen molar-refractivity contribution < 1.29 is 66.1 Å². The molecule has 1 saturated carbocycles. The smallest absolute Gasteiger partial charge is 0.345 e. The molecule has 0 spiro atoms. The number of likely N-dealkylation sites (N-methyl/N-ethyl adjacent to an activating group) is 1. The highest BCUT2D eigenvalue weighted by Gasteiger charge is 2.38. The lowest BCUT2D eigenvalue weighted by atomic mass is 9.80. The molecule has 1 saturated heterocycles. The van der Waals surface area contributed by atoms with Crippen LogP contribution < -0.4 is 18.9 Å². The summed E-state index contributed by atoms with van der Waals surface area (Å²) in [4.78, 5) is 37.9. The summed E-state index contributed by atoms with van der Waals surface area (Å²) in [5.74, 6) is -0.0364. The van der Waals surface area contributed by atoms with Gasteiger partial charge in [-0.3, -0.25) is 4.90 Å². The van der Waals surface area contributed by atoms with E-state index in [4.69, 9.17) is 75.6 Å². The minimum Gasteiger partial charge on any atom is -0.490 e. The van der Waals surface area contributed by atoms with Gasteiger partial charge in [0, 0.05) is 74.4 Å². The van der Waals surface area contributed by atoms with Crippen LogP contribution in [-0.2, 0) is 46.2 Å². The zero-order valence-electron chi connectivity index (χ0n) is 47.3. The van der Waals surface area contributed by atoms with Gasteiger partial charge in [0.25, 0.3) is 0 Å². The number of alkyl halides is 1. The Bertz CT molecular complexity index is 3070. The molecule has 6 heterocycles. The van der Waals surface area contributed by atoms with Gasteiger partial charge in [-0.25, -0.2) is 33.5 Å². The van der Waals surface area contributed by atoms with Crippen LogP contribution in [0.25, 0.3) is 31.8 Å². The Labute approximate surface area is 496 Å². The summed E-state index contributed by atoms with van der Waals surface area (Å²) in [5, 5.41) is 12.0. The van der Waals surface area contributed by atoms with Gasteiger partial charge in [0.05, 0.1) is 93.8 Å². The van der Waals surface area contributed by atoms with Crippen molar-refractivity contribution >= 4 is 50.7 Å². The van der Waals surface area contributed by atoms with Crippen LogP contribution in [0.5, 0.6) is 23.1 Å². The van der Waals surface area contributed by atoms with Gasteiger partial charge in [-0.15, -0.1) is 11.3 Å². The molecule has 0 amide bonds. The number of nitrogens with zero attached hydrogens (tertiary/aromatic N) is 6. The molecule has 2 atom stereocenters. The highest BCUT2D eigenvalue weighted by atomic mass is 35.5. The number of aliphatic carboxylic acids is 1. The van der Waals surface area contributed by atoms with E-state index in [-0.39, 0.29) is 54.7 Å². The predicted molar refractivity (Wildman–Crippen MR) is 311 cm³/mol. The first-order valence-electron chi connectivity index (χ1n) is 28.0. The number of carboxylic acids is 1. The maximum atomic E-state index is 16.0. The molecular weight excluding hydrogens is 1140 g/mol. The predicted octanol–water partition coefficient (Wildman–Crippen LogP) is 10.0. The van der Waals surface area contributed by atoms with Crippen LogP contribution in [-0.4, -0.2) is 185 Å². The Balaban J connectivity index is 0.895. The fraction of sp³-hybridized carbons (Fsp3) is 0.517. The molecule has 1 aliphatic carbocycles. The number of fused-ring (bicyclic) bond motifs is 7. The third-order valence-electron chi connectivity index (χ3n) is 15.0. The van der Waals surface area contributed by atoms with Crippen molar-refractivity contribution in [2.75, 3.05) is 126 Å². The first kappa shape index (κ1) is 62.1. The van der Waals surface area contributed by atoms with Crippen LogP contribution >= 0.6 is 34.5 Å². The number of benzene rings is 3. The molecule has 18 nitrogen and oxygen atoms in total. The molecule has 448 valence electrons. The maximum absolute atomic E-state index is 16.0. The van der Waals surface area contributed by atoms with E-state index in [2.05, 4.69) is 31.8 Å². The average Bonchev–Trinajstić information content (AvgIpc) is 2.06. The van der Waals surface area contributed by atoms with Crippen molar-refractivity contribution in [3.63, 3.8) is 0 Å². The van der Waals surface area contributed by atoms with Crippen molar-refractivity contribution in [2.24, 2.45) is 0 Å². The van der Waals surface area contributed by atoms with Crippen LogP contribution in [0.1, 0.15) is 59.8 Å². The van der Waals surface area contributed by atoms with Gasteiger partial charge >= 0.3 is 5.97 Å². The zero-order valence-corrected chi connectivity index (χ0v) is 49.6. The van der Waals surface area contributed by atoms with E-state index in [0.717, 1.165) is 26.2 Å². The number of carboxylic acid groups (broad SMARTS) is 1. The van der Waals surface area contributed by atoms with Crippen molar-refractivity contribution in [1.82, 2.24) is 29.7 Å². The molecule has 83 heavy (non-hydrogen) atoms. The highest BCUT2D eigenvalue weighted by Crippen LogP contribution is 2.53. The minimum atomic E-state index is -1.50. The number of piperazine rings is 1. The zero-order chi connectivity index (χ0) is 58.3. The fourth-order valence-electron chi connectivity index (χ4n) is 10.4. The molecule has 6 aromatic rings. The normalized spacial score (nSPS) is 19.7. The Morgan fingerprint density at radius 2 is 1.47 bits per heavy atom. The monoisotopic (exact) mass is 1210 g/mol. The minimum absolute atomic E-state index is 0.00596. The van der Waals surface area contributed by atoms with E-state index < -0.39 is 29.7 Å². The Kier molecular flexibility index (Phi) is 22.5. The number of ether oxygens (including phenoxy) is 10. The largest absolute Gasteiger partial charge is 0.490 e. The van der Waals surface area contributed by atoms with E-state index in [1.807, 2.05) is 13.8 Å². The second-order valence-corrected chi connectivity index (χ2v) is 22.7. The summed E-state index contributed by atoms with van der Waals surface area (Å²) < 4.78 is 89.5. The van der Waals surface area contributed by atoms with E-state index >= 15 is 4.39 Å². The lowest BCUT2D eigenvalue weighted by molar-refractivity contribution is -0.145. The van der Waals surface area contributed by atoms with Crippen molar-refractivity contribution in [3.05, 3.63) is 105 Å². The highest BCUT2D eigenvalue weighted by molar-refractivity contribution is 7.22. The van der Waals surface area contributed by atoms with Gasteiger partial charge in [0.2, 0.25) is 12.0 Å². The van der Waals surface area contributed by atoms with Gasteiger partial charge in [-0.2, -0.15) is 0 Å². The second kappa shape index (κ2) is 30.1. The van der Waals surface area contributed by atoms with Crippen LogP contribution in [0.2, 0.25) is 10.0 Å². The summed E-state index contributed by atoms with van der Waals surface area (Å²) >= 11 is 16.0. The molecule has 0 radical (unpaired) electrons. The van der Waals surface area contributed by atoms with E-state index in [1.165, 1.54) is 29.8 Å². The van der Waals surface area contributed by atoms with Crippen LogP contribution in [0, 0.1) is 19.7 Å². The van der Waals surface area contributed by atoms with Crippen molar-refractivity contribution in [3.8, 4) is 44.7 Å². The molecule has 1 N–H and O–H groups in total. The summed E-state index contributed by atoms with van der Waals surface area (Å²) in [6, 6.07) is 13.1. The van der Waals surface area contributed by atoms with Crippen molar-refractivity contribution in [1.29, 1.82) is 0 Å². The molecule has 4 aliphatic rings.